The third-order valence-corrected chi connectivity index (χ3v) is 7.31. The number of hydrogen-bond donors (Lipinski definition) is 0. The van der Waals surface area contributed by atoms with E-state index >= 15 is 0 Å². The molecule has 0 fully saturated rings. The number of allylic oxidation sites excluding steroid dienone is 1. The normalized spacial score (nSPS) is 14.3. The maximum absolute atomic E-state index is 13.1. The third kappa shape index (κ3) is 3.95. The summed E-state index contributed by atoms with van der Waals surface area (Å²) in [5.41, 5.74) is 3.50. The van der Waals surface area contributed by atoms with Crippen LogP contribution in [0.2, 0.25) is 0 Å². The van der Waals surface area contributed by atoms with Crippen LogP contribution in [0.5, 0.6) is 17.2 Å². The van der Waals surface area contributed by atoms with Crippen LogP contribution in [0.15, 0.2) is 71.4 Å². The Morgan fingerprint density at radius 3 is 2.46 bits per heavy atom. The van der Waals surface area contributed by atoms with Crippen LogP contribution in [0.25, 0.3) is 17.0 Å². The highest BCUT2D eigenvalue weighted by Crippen LogP contribution is 2.40. The topological polar surface area (TPSA) is 83.8 Å². The standard InChI is InChI=1S/C27H23NO6S/c1-16-5-8-20(9-6-16)35(30,31)34-24-12-10-21-26(29)25(33-27(21)17(24)2)13-18-15-28(3)23-11-7-19(32-4)14-22(18)23/h5-15H,1-4H3. The van der Waals surface area contributed by atoms with E-state index in [-0.39, 0.29) is 27.9 Å². The molecule has 0 saturated carbocycles. The summed E-state index contributed by atoms with van der Waals surface area (Å²) in [5.74, 6) is 0.967. The molecule has 0 N–H and O–H groups in total. The predicted molar refractivity (Wildman–Crippen MR) is 133 cm³/mol. The van der Waals surface area contributed by atoms with E-state index < -0.39 is 10.1 Å². The lowest BCUT2D eigenvalue weighted by Crippen LogP contribution is -2.10. The molecule has 1 aliphatic rings. The van der Waals surface area contributed by atoms with Crippen molar-refractivity contribution in [3.63, 3.8) is 0 Å². The van der Waals surface area contributed by atoms with Crippen molar-refractivity contribution in [1.29, 1.82) is 0 Å². The van der Waals surface area contributed by atoms with Gasteiger partial charge < -0.3 is 18.2 Å². The number of carbonyl (C=O) groups is 1. The van der Waals surface area contributed by atoms with Crippen LogP contribution < -0.4 is 13.7 Å². The van der Waals surface area contributed by atoms with Gasteiger partial charge in [0.1, 0.15) is 22.1 Å². The lowest BCUT2D eigenvalue weighted by atomic mass is 10.1. The predicted octanol–water partition coefficient (Wildman–Crippen LogP) is 5.19. The lowest BCUT2D eigenvalue weighted by Gasteiger charge is -2.11. The Morgan fingerprint density at radius 1 is 1.00 bits per heavy atom. The first kappa shape index (κ1) is 22.7. The zero-order chi connectivity index (χ0) is 24.9. The summed E-state index contributed by atoms with van der Waals surface area (Å²) in [7, 11) is -0.521. The quantitative estimate of drug-likeness (QED) is 0.283. The Bertz CT molecular complexity index is 1630. The van der Waals surface area contributed by atoms with Gasteiger partial charge in [0.25, 0.3) is 0 Å². The number of hydrogen-bond acceptors (Lipinski definition) is 6. The van der Waals surface area contributed by atoms with E-state index in [4.69, 9.17) is 13.7 Å². The van der Waals surface area contributed by atoms with Gasteiger partial charge in [-0.2, -0.15) is 8.42 Å². The second-order valence-electron chi connectivity index (χ2n) is 8.43. The molecule has 35 heavy (non-hydrogen) atoms. The SMILES string of the molecule is COc1ccc2c(c1)c(C=C1Oc3c(ccc(OS(=O)(=O)c4ccc(C)cc4)c3C)C1=O)cn2C. The maximum Gasteiger partial charge on any atom is 0.339 e. The molecule has 0 unspecified atom stereocenters. The number of aryl methyl sites for hydroxylation is 2. The number of ketones is 1. The zero-order valence-electron chi connectivity index (χ0n) is 19.7. The van der Waals surface area contributed by atoms with Gasteiger partial charge in [0.15, 0.2) is 5.76 Å². The molecule has 1 aliphatic heterocycles. The van der Waals surface area contributed by atoms with Crippen LogP contribution in [0.3, 0.4) is 0 Å². The number of ether oxygens (including phenoxy) is 2. The van der Waals surface area contributed by atoms with Gasteiger partial charge in [-0.3, -0.25) is 4.79 Å². The number of nitrogens with zero attached hydrogens (tertiary/aromatic N) is 1. The lowest BCUT2D eigenvalue weighted by molar-refractivity contribution is 0.101. The highest BCUT2D eigenvalue weighted by molar-refractivity contribution is 7.87. The van der Waals surface area contributed by atoms with E-state index in [0.29, 0.717) is 16.9 Å². The van der Waals surface area contributed by atoms with Crippen LogP contribution in [0, 0.1) is 13.8 Å². The van der Waals surface area contributed by atoms with Crippen LogP contribution in [0.1, 0.15) is 27.0 Å². The Kier molecular flexibility index (Phi) is 5.40. The van der Waals surface area contributed by atoms with Gasteiger partial charge in [0.05, 0.1) is 12.7 Å². The summed E-state index contributed by atoms with van der Waals surface area (Å²) >= 11 is 0. The van der Waals surface area contributed by atoms with Crippen molar-refractivity contribution in [2.45, 2.75) is 18.7 Å². The molecule has 2 heterocycles. The highest BCUT2D eigenvalue weighted by atomic mass is 32.2. The van der Waals surface area contributed by atoms with Gasteiger partial charge >= 0.3 is 10.1 Å². The minimum atomic E-state index is -4.04. The molecular formula is C27H23NO6S. The molecular weight excluding hydrogens is 466 g/mol. The Morgan fingerprint density at radius 2 is 1.74 bits per heavy atom. The maximum atomic E-state index is 13.1. The summed E-state index contributed by atoms with van der Waals surface area (Å²) in [6.45, 7) is 3.54. The van der Waals surface area contributed by atoms with Crippen LogP contribution in [0.4, 0.5) is 0 Å². The molecule has 4 aromatic rings. The first-order valence-electron chi connectivity index (χ1n) is 10.9. The molecule has 0 amide bonds. The van der Waals surface area contributed by atoms with E-state index in [2.05, 4.69) is 0 Å². The minimum absolute atomic E-state index is 0.0481. The van der Waals surface area contributed by atoms with Gasteiger partial charge in [0.2, 0.25) is 5.78 Å². The number of carbonyl (C=O) groups excluding carboxylic acids is 1. The summed E-state index contributed by atoms with van der Waals surface area (Å²) in [5, 5.41) is 0.914. The van der Waals surface area contributed by atoms with Gasteiger partial charge in [-0.1, -0.05) is 17.7 Å². The average molecular weight is 490 g/mol. The molecule has 1 aromatic heterocycles. The molecule has 3 aromatic carbocycles. The molecule has 0 spiro atoms. The van der Waals surface area contributed by atoms with E-state index in [1.807, 2.05) is 42.9 Å². The number of aromatic nitrogens is 1. The number of benzene rings is 3. The van der Waals surface area contributed by atoms with Gasteiger partial charge in [-0.15, -0.1) is 0 Å². The van der Waals surface area contributed by atoms with Crippen molar-refractivity contribution < 1.29 is 26.9 Å². The highest BCUT2D eigenvalue weighted by Gasteiger charge is 2.31. The van der Waals surface area contributed by atoms with Gasteiger partial charge in [0, 0.05) is 35.3 Å². The van der Waals surface area contributed by atoms with Crippen LogP contribution in [-0.4, -0.2) is 25.9 Å². The summed E-state index contributed by atoms with van der Waals surface area (Å²) < 4.78 is 44.2. The second-order valence-corrected chi connectivity index (χ2v) is 9.98. The molecule has 5 rings (SSSR count). The third-order valence-electron chi connectivity index (χ3n) is 6.06. The minimum Gasteiger partial charge on any atom is -0.497 e. The van der Waals surface area contributed by atoms with E-state index in [0.717, 1.165) is 22.0 Å². The molecule has 7 nitrogen and oxygen atoms in total. The largest absolute Gasteiger partial charge is 0.497 e. The fraction of sp³-hybridized carbons (Fsp3) is 0.148. The van der Waals surface area contributed by atoms with E-state index in [1.54, 1.807) is 32.2 Å². The van der Waals surface area contributed by atoms with E-state index in [1.165, 1.54) is 24.3 Å². The zero-order valence-corrected chi connectivity index (χ0v) is 20.5. The fourth-order valence-electron chi connectivity index (χ4n) is 4.11. The molecule has 178 valence electrons. The molecule has 0 saturated heterocycles. The Labute approximate surface area is 203 Å². The molecule has 0 radical (unpaired) electrons. The molecule has 0 bridgehead atoms. The van der Waals surface area contributed by atoms with Crippen molar-refractivity contribution in [2.24, 2.45) is 7.05 Å². The van der Waals surface area contributed by atoms with Crippen molar-refractivity contribution in [3.8, 4) is 17.2 Å². The van der Waals surface area contributed by atoms with Crippen LogP contribution in [-0.2, 0) is 17.2 Å². The monoisotopic (exact) mass is 489 g/mol. The smallest absolute Gasteiger partial charge is 0.339 e. The molecule has 0 aliphatic carbocycles. The molecule has 0 atom stereocenters. The first-order chi connectivity index (χ1) is 16.7. The number of Topliss-reactive ketones (excluding diaryl/α,β-unsaturated/α-hetero) is 1. The summed E-state index contributed by atoms with van der Waals surface area (Å²) in [6, 6.07) is 15.1. The van der Waals surface area contributed by atoms with Crippen molar-refractivity contribution in [3.05, 3.63) is 88.8 Å². The van der Waals surface area contributed by atoms with Crippen molar-refractivity contribution >= 4 is 32.9 Å². The van der Waals surface area contributed by atoms with Gasteiger partial charge in [-0.25, -0.2) is 0 Å². The van der Waals surface area contributed by atoms with E-state index in [9.17, 15) is 13.2 Å². The van der Waals surface area contributed by atoms with Gasteiger partial charge in [-0.05, 0) is 62.4 Å². The van der Waals surface area contributed by atoms with Crippen molar-refractivity contribution in [2.75, 3.05) is 7.11 Å². The summed E-state index contributed by atoms with van der Waals surface area (Å²) in [6.07, 6.45) is 3.60. The first-order valence-corrected chi connectivity index (χ1v) is 12.3. The van der Waals surface area contributed by atoms with Crippen LogP contribution >= 0.6 is 0 Å². The average Bonchev–Trinajstić information content (AvgIpc) is 3.32. The number of methoxy groups -OCH3 is 1. The number of fused-ring (bicyclic) bond motifs is 2. The Balaban J connectivity index is 1.49. The Hall–Kier alpha value is -4.04. The molecule has 8 heteroatoms. The van der Waals surface area contributed by atoms with Crippen molar-refractivity contribution in [1.82, 2.24) is 4.57 Å². The fourth-order valence-corrected chi connectivity index (χ4v) is 5.10. The summed E-state index contributed by atoms with van der Waals surface area (Å²) in [4.78, 5) is 13.1. The second kappa shape index (κ2) is 8.32. The number of rotatable bonds is 5.